The maximum absolute atomic E-state index is 11.9. The summed E-state index contributed by atoms with van der Waals surface area (Å²) < 4.78 is 0. The molecular weight excluding hydrogens is 236 g/mol. The molecule has 2 rings (SSSR count). The van der Waals surface area contributed by atoms with Gasteiger partial charge in [0.05, 0.1) is 6.04 Å². The second-order valence-electron chi connectivity index (χ2n) is 3.70. The van der Waals surface area contributed by atoms with Crippen molar-refractivity contribution < 1.29 is 4.79 Å². The molecule has 0 fully saturated rings. The summed E-state index contributed by atoms with van der Waals surface area (Å²) in [6.45, 7) is 1.86. The minimum absolute atomic E-state index is 0.177. The van der Waals surface area contributed by atoms with Gasteiger partial charge in [-0.2, -0.15) is 0 Å². The topological polar surface area (TPSA) is 83.8 Å². The fraction of sp³-hybridized carbons (Fsp3) is 0.273. The van der Waals surface area contributed by atoms with Gasteiger partial charge in [-0.15, -0.1) is 11.3 Å². The molecule has 0 aliphatic heterocycles. The van der Waals surface area contributed by atoms with Crippen molar-refractivity contribution in [3.05, 3.63) is 40.6 Å². The summed E-state index contributed by atoms with van der Waals surface area (Å²) >= 11 is 1.47. The molecule has 0 bridgehead atoms. The van der Waals surface area contributed by atoms with E-state index in [1.165, 1.54) is 11.3 Å². The highest BCUT2D eigenvalue weighted by Crippen LogP contribution is 2.17. The van der Waals surface area contributed by atoms with Crippen molar-refractivity contribution in [1.82, 2.24) is 15.3 Å². The average Bonchev–Trinajstić information content (AvgIpc) is 3.00. The Kier molecular flexibility index (Phi) is 3.55. The van der Waals surface area contributed by atoms with Crippen molar-refractivity contribution in [3.8, 4) is 0 Å². The zero-order chi connectivity index (χ0) is 12.3. The van der Waals surface area contributed by atoms with E-state index in [0.29, 0.717) is 0 Å². The van der Waals surface area contributed by atoms with Crippen LogP contribution in [-0.4, -0.2) is 15.9 Å². The second-order valence-corrected chi connectivity index (χ2v) is 4.68. The summed E-state index contributed by atoms with van der Waals surface area (Å²) in [6.07, 6.45) is 3.37. The number of hydrogen-bond donors (Lipinski definition) is 3. The van der Waals surface area contributed by atoms with Crippen molar-refractivity contribution in [2.45, 2.75) is 19.0 Å². The SMILES string of the molecule is CC(NC(=O)C(N)c1cccs1)c1ncc[nH]1. The maximum atomic E-state index is 11.9. The Morgan fingerprint density at radius 1 is 1.65 bits per heavy atom. The molecule has 17 heavy (non-hydrogen) atoms. The number of H-pyrrole nitrogens is 1. The van der Waals surface area contributed by atoms with Crippen LogP contribution in [0.1, 0.15) is 29.7 Å². The van der Waals surface area contributed by atoms with Crippen molar-refractivity contribution in [3.63, 3.8) is 0 Å². The second kappa shape index (κ2) is 5.11. The molecule has 0 spiro atoms. The van der Waals surface area contributed by atoms with Crippen molar-refractivity contribution >= 4 is 17.2 Å². The molecular formula is C11H14N4OS. The first-order chi connectivity index (χ1) is 8.18. The minimum atomic E-state index is -0.618. The van der Waals surface area contributed by atoms with Gasteiger partial charge in [-0.05, 0) is 18.4 Å². The summed E-state index contributed by atoms with van der Waals surface area (Å²) in [6, 6.07) is 2.94. The maximum Gasteiger partial charge on any atom is 0.242 e. The van der Waals surface area contributed by atoms with Crippen LogP contribution in [0.2, 0.25) is 0 Å². The Morgan fingerprint density at radius 3 is 3.06 bits per heavy atom. The Hall–Kier alpha value is -1.66. The normalized spacial score (nSPS) is 14.2. The number of nitrogens with zero attached hydrogens (tertiary/aromatic N) is 1. The van der Waals surface area contributed by atoms with E-state index in [2.05, 4.69) is 15.3 Å². The van der Waals surface area contributed by atoms with Crippen LogP contribution in [0.15, 0.2) is 29.9 Å². The minimum Gasteiger partial charge on any atom is -0.347 e. The van der Waals surface area contributed by atoms with E-state index in [4.69, 9.17) is 5.73 Å². The third-order valence-corrected chi connectivity index (χ3v) is 3.38. The lowest BCUT2D eigenvalue weighted by atomic mass is 10.2. The molecule has 0 aliphatic carbocycles. The zero-order valence-electron chi connectivity index (χ0n) is 9.38. The Morgan fingerprint density at radius 2 is 2.47 bits per heavy atom. The fourth-order valence-electron chi connectivity index (χ4n) is 1.48. The number of rotatable bonds is 4. The molecule has 6 heteroatoms. The molecule has 0 saturated heterocycles. The number of aromatic amines is 1. The molecule has 0 aliphatic rings. The average molecular weight is 250 g/mol. The van der Waals surface area contributed by atoms with Crippen molar-refractivity contribution in [2.75, 3.05) is 0 Å². The lowest BCUT2D eigenvalue weighted by molar-refractivity contribution is -0.123. The molecule has 0 aromatic carbocycles. The molecule has 4 N–H and O–H groups in total. The number of hydrogen-bond acceptors (Lipinski definition) is 4. The summed E-state index contributed by atoms with van der Waals surface area (Å²) in [5, 5.41) is 4.72. The largest absolute Gasteiger partial charge is 0.347 e. The van der Waals surface area contributed by atoms with Gasteiger partial charge < -0.3 is 16.0 Å². The first-order valence-electron chi connectivity index (χ1n) is 5.27. The highest BCUT2D eigenvalue weighted by Gasteiger charge is 2.19. The van der Waals surface area contributed by atoms with Crippen LogP contribution < -0.4 is 11.1 Å². The zero-order valence-corrected chi connectivity index (χ0v) is 10.2. The molecule has 2 atom stereocenters. The van der Waals surface area contributed by atoms with E-state index < -0.39 is 6.04 Å². The molecule has 2 aromatic heterocycles. The number of aromatic nitrogens is 2. The van der Waals surface area contributed by atoms with Gasteiger partial charge in [0.1, 0.15) is 11.9 Å². The van der Waals surface area contributed by atoms with E-state index in [0.717, 1.165) is 10.7 Å². The lowest BCUT2D eigenvalue weighted by Gasteiger charge is -2.15. The monoisotopic (exact) mass is 250 g/mol. The Labute approximate surface area is 103 Å². The first-order valence-corrected chi connectivity index (χ1v) is 6.15. The number of carbonyl (C=O) groups is 1. The van der Waals surface area contributed by atoms with Gasteiger partial charge in [0, 0.05) is 17.3 Å². The Balaban J connectivity index is 1.98. The first kappa shape index (κ1) is 11.8. The predicted molar refractivity (Wildman–Crippen MR) is 66.4 cm³/mol. The van der Waals surface area contributed by atoms with E-state index >= 15 is 0 Å². The highest BCUT2D eigenvalue weighted by atomic mass is 32.1. The van der Waals surface area contributed by atoms with Gasteiger partial charge in [-0.1, -0.05) is 6.07 Å². The van der Waals surface area contributed by atoms with E-state index in [1.807, 2.05) is 24.4 Å². The number of thiophene rings is 1. The molecule has 2 aromatic rings. The summed E-state index contributed by atoms with van der Waals surface area (Å²) in [7, 11) is 0. The van der Waals surface area contributed by atoms with Gasteiger partial charge in [0.2, 0.25) is 5.91 Å². The molecule has 0 saturated carbocycles. The standard InChI is InChI=1S/C11H14N4OS/c1-7(10-13-4-5-14-10)15-11(16)9(12)8-3-2-6-17-8/h2-7,9H,12H2,1H3,(H,13,14)(H,15,16). The van der Waals surface area contributed by atoms with Gasteiger partial charge in [-0.25, -0.2) is 4.98 Å². The smallest absolute Gasteiger partial charge is 0.242 e. The van der Waals surface area contributed by atoms with Crippen LogP contribution in [0.4, 0.5) is 0 Å². The number of imidazole rings is 1. The van der Waals surface area contributed by atoms with Gasteiger partial charge in [-0.3, -0.25) is 4.79 Å². The number of nitrogens with one attached hydrogen (secondary N) is 2. The van der Waals surface area contributed by atoms with Crippen LogP contribution in [0.25, 0.3) is 0 Å². The van der Waals surface area contributed by atoms with Crippen LogP contribution in [0, 0.1) is 0 Å². The third-order valence-electron chi connectivity index (χ3n) is 2.42. The van der Waals surface area contributed by atoms with Gasteiger partial charge in [0.25, 0.3) is 0 Å². The van der Waals surface area contributed by atoms with Crippen LogP contribution in [-0.2, 0) is 4.79 Å². The molecule has 2 heterocycles. The van der Waals surface area contributed by atoms with Gasteiger partial charge in [0.15, 0.2) is 0 Å². The van der Waals surface area contributed by atoms with Crippen LogP contribution >= 0.6 is 11.3 Å². The molecule has 2 unspecified atom stereocenters. The van der Waals surface area contributed by atoms with Crippen molar-refractivity contribution in [2.24, 2.45) is 5.73 Å². The highest BCUT2D eigenvalue weighted by molar-refractivity contribution is 7.10. The lowest BCUT2D eigenvalue weighted by Crippen LogP contribution is -2.35. The summed E-state index contributed by atoms with van der Waals surface area (Å²) in [4.78, 5) is 19.8. The summed E-state index contributed by atoms with van der Waals surface area (Å²) in [5.41, 5.74) is 5.85. The predicted octanol–water partition coefficient (Wildman–Crippen LogP) is 1.35. The molecule has 90 valence electrons. The Bertz CT molecular complexity index is 466. The quantitative estimate of drug-likeness (QED) is 0.765. The third kappa shape index (κ3) is 2.72. The van der Waals surface area contributed by atoms with Gasteiger partial charge >= 0.3 is 0 Å². The molecule has 0 radical (unpaired) electrons. The van der Waals surface area contributed by atoms with E-state index in [1.54, 1.807) is 12.4 Å². The number of amides is 1. The summed E-state index contributed by atoms with van der Waals surface area (Å²) in [5.74, 6) is 0.521. The molecule has 5 nitrogen and oxygen atoms in total. The van der Waals surface area contributed by atoms with E-state index in [-0.39, 0.29) is 11.9 Å². The van der Waals surface area contributed by atoms with E-state index in [9.17, 15) is 4.79 Å². The number of carbonyl (C=O) groups excluding carboxylic acids is 1. The van der Waals surface area contributed by atoms with Crippen LogP contribution in [0.3, 0.4) is 0 Å². The van der Waals surface area contributed by atoms with Crippen molar-refractivity contribution in [1.29, 1.82) is 0 Å². The fourth-order valence-corrected chi connectivity index (χ4v) is 2.21. The number of nitrogens with two attached hydrogens (primary N) is 1. The molecule has 1 amide bonds. The van der Waals surface area contributed by atoms with Crippen LogP contribution in [0.5, 0.6) is 0 Å².